The van der Waals surface area contributed by atoms with E-state index >= 15 is 0 Å². The summed E-state index contributed by atoms with van der Waals surface area (Å²) in [6.07, 6.45) is 1.80. The number of carbonyl (C=O) groups excluding carboxylic acids is 1. The third kappa shape index (κ3) is 2.52. The van der Waals surface area contributed by atoms with Crippen LogP contribution in [0.3, 0.4) is 0 Å². The fourth-order valence-corrected chi connectivity index (χ4v) is 3.08. The van der Waals surface area contributed by atoms with Gasteiger partial charge in [0, 0.05) is 18.0 Å². The standard InChI is InChI=1S/C14H15N3OS/c15-7-13-17-12(8-19-13)14(18)16-11-5-9-3-1-2-4-10(9)6-11/h1-4,8,11H,5-7,15H2,(H,16,18). The topological polar surface area (TPSA) is 68.0 Å². The van der Waals surface area contributed by atoms with Gasteiger partial charge in [-0.25, -0.2) is 4.98 Å². The molecule has 5 heteroatoms. The molecule has 4 nitrogen and oxygen atoms in total. The van der Waals surface area contributed by atoms with Crippen LogP contribution < -0.4 is 11.1 Å². The van der Waals surface area contributed by atoms with Gasteiger partial charge < -0.3 is 11.1 Å². The van der Waals surface area contributed by atoms with Gasteiger partial charge in [-0.2, -0.15) is 0 Å². The van der Waals surface area contributed by atoms with Crippen LogP contribution in [0.4, 0.5) is 0 Å². The SMILES string of the molecule is NCc1nc(C(=O)NC2Cc3ccccc3C2)cs1. The molecule has 0 fully saturated rings. The minimum Gasteiger partial charge on any atom is -0.347 e. The summed E-state index contributed by atoms with van der Waals surface area (Å²) >= 11 is 1.43. The molecule has 1 amide bonds. The molecule has 0 atom stereocenters. The van der Waals surface area contributed by atoms with Crippen LogP contribution in [0.2, 0.25) is 0 Å². The van der Waals surface area contributed by atoms with Gasteiger partial charge >= 0.3 is 0 Å². The Morgan fingerprint density at radius 3 is 2.63 bits per heavy atom. The Kier molecular flexibility index (Phi) is 3.31. The quantitative estimate of drug-likeness (QED) is 0.890. The normalized spacial score (nSPS) is 14.4. The van der Waals surface area contributed by atoms with Gasteiger partial charge in [0.15, 0.2) is 0 Å². The lowest BCUT2D eigenvalue weighted by Gasteiger charge is -2.10. The number of thiazole rings is 1. The summed E-state index contributed by atoms with van der Waals surface area (Å²) < 4.78 is 0. The predicted octanol–water partition coefficient (Wildman–Crippen LogP) is 1.50. The Morgan fingerprint density at radius 1 is 1.37 bits per heavy atom. The first kappa shape index (κ1) is 12.3. The van der Waals surface area contributed by atoms with E-state index in [1.807, 2.05) is 12.1 Å². The highest BCUT2D eigenvalue weighted by molar-refractivity contribution is 7.09. The molecule has 1 heterocycles. The van der Waals surface area contributed by atoms with Crippen LogP contribution in [-0.2, 0) is 19.4 Å². The Morgan fingerprint density at radius 2 is 2.05 bits per heavy atom. The number of amides is 1. The van der Waals surface area contributed by atoms with Crippen molar-refractivity contribution < 1.29 is 4.79 Å². The zero-order chi connectivity index (χ0) is 13.2. The first-order valence-corrected chi connectivity index (χ1v) is 7.16. The highest BCUT2D eigenvalue weighted by Gasteiger charge is 2.23. The van der Waals surface area contributed by atoms with Crippen molar-refractivity contribution in [1.82, 2.24) is 10.3 Å². The van der Waals surface area contributed by atoms with Crippen molar-refractivity contribution in [2.75, 3.05) is 0 Å². The smallest absolute Gasteiger partial charge is 0.270 e. The Bertz CT molecular complexity index is 583. The van der Waals surface area contributed by atoms with Crippen molar-refractivity contribution in [3.63, 3.8) is 0 Å². The number of aromatic nitrogens is 1. The average Bonchev–Trinajstić information content (AvgIpc) is 3.04. The van der Waals surface area contributed by atoms with Gasteiger partial charge in [0.25, 0.3) is 5.91 Å². The number of hydrogen-bond donors (Lipinski definition) is 2. The summed E-state index contributed by atoms with van der Waals surface area (Å²) in [6.45, 7) is 0.382. The monoisotopic (exact) mass is 273 g/mol. The second kappa shape index (κ2) is 5.11. The fraction of sp³-hybridized carbons (Fsp3) is 0.286. The van der Waals surface area contributed by atoms with Gasteiger partial charge in [-0.1, -0.05) is 24.3 Å². The number of nitrogens with one attached hydrogen (secondary N) is 1. The van der Waals surface area contributed by atoms with E-state index in [0.29, 0.717) is 12.2 Å². The first-order chi connectivity index (χ1) is 9.26. The van der Waals surface area contributed by atoms with Crippen LogP contribution >= 0.6 is 11.3 Å². The Balaban J connectivity index is 1.66. The van der Waals surface area contributed by atoms with Gasteiger partial charge in [0.2, 0.25) is 0 Å². The molecule has 19 heavy (non-hydrogen) atoms. The molecule has 0 unspecified atom stereocenters. The molecule has 1 aromatic heterocycles. The van der Waals surface area contributed by atoms with Crippen molar-refractivity contribution >= 4 is 17.2 Å². The molecule has 0 spiro atoms. The summed E-state index contributed by atoms with van der Waals surface area (Å²) in [4.78, 5) is 16.3. The highest BCUT2D eigenvalue weighted by Crippen LogP contribution is 2.22. The summed E-state index contributed by atoms with van der Waals surface area (Å²) in [5.41, 5.74) is 8.63. The van der Waals surface area contributed by atoms with Gasteiger partial charge in [-0.3, -0.25) is 4.79 Å². The van der Waals surface area contributed by atoms with Crippen LogP contribution in [0.15, 0.2) is 29.6 Å². The van der Waals surface area contributed by atoms with Crippen LogP contribution in [0.25, 0.3) is 0 Å². The summed E-state index contributed by atoms with van der Waals surface area (Å²) in [6, 6.07) is 8.50. The van der Waals surface area contributed by atoms with Crippen molar-refractivity contribution in [2.45, 2.75) is 25.4 Å². The van der Waals surface area contributed by atoms with Gasteiger partial charge in [-0.15, -0.1) is 11.3 Å². The molecule has 0 saturated carbocycles. The predicted molar refractivity (Wildman–Crippen MR) is 75.1 cm³/mol. The zero-order valence-corrected chi connectivity index (χ0v) is 11.2. The second-order valence-corrected chi connectivity index (χ2v) is 5.62. The van der Waals surface area contributed by atoms with Gasteiger partial charge in [0.05, 0.1) is 0 Å². The van der Waals surface area contributed by atoms with Crippen LogP contribution in [-0.4, -0.2) is 16.9 Å². The molecular formula is C14H15N3OS. The van der Waals surface area contributed by atoms with E-state index in [2.05, 4.69) is 22.4 Å². The van der Waals surface area contributed by atoms with Crippen LogP contribution in [0.5, 0.6) is 0 Å². The highest BCUT2D eigenvalue weighted by atomic mass is 32.1. The molecule has 3 N–H and O–H groups in total. The summed E-state index contributed by atoms with van der Waals surface area (Å²) in [7, 11) is 0. The van der Waals surface area contributed by atoms with Crippen molar-refractivity contribution in [3.8, 4) is 0 Å². The van der Waals surface area contributed by atoms with E-state index in [-0.39, 0.29) is 11.9 Å². The van der Waals surface area contributed by atoms with E-state index in [1.54, 1.807) is 5.38 Å². The van der Waals surface area contributed by atoms with E-state index in [1.165, 1.54) is 22.5 Å². The van der Waals surface area contributed by atoms with Gasteiger partial charge in [0.1, 0.15) is 10.7 Å². The third-order valence-electron chi connectivity index (χ3n) is 3.35. The molecule has 1 aliphatic carbocycles. The molecular weight excluding hydrogens is 258 g/mol. The van der Waals surface area contributed by atoms with Gasteiger partial charge in [-0.05, 0) is 24.0 Å². The third-order valence-corrected chi connectivity index (χ3v) is 4.22. The zero-order valence-electron chi connectivity index (χ0n) is 10.4. The number of carbonyl (C=O) groups is 1. The Labute approximate surface area is 115 Å². The first-order valence-electron chi connectivity index (χ1n) is 6.28. The maximum absolute atomic E-state index is 12.1. The largest absolute Gasteiger partial charge is 0.347 e. The minimum atomic E-state index is -0.103. The molecule has 1 aromatic carbocycles. The van der Waals surface area contributed by atoms with E-state index in [0.717, 1.165) is 17.8 Å². The number of rotatable bonds is 3. The fourth-order valence-electron chi connectivity index (χ4n) is 2.43. The lowest BCUT2D eigenvalue weighted by Crippen LogP contribution is -2.35. The summed E-state index contributed by atoms with van der Waals surface area (Å²) in [5.74, 6) is -0.103. The van der Waals surface area contributed by atoms with E-state index in [9.17, 15) is 4.79 Å². The number of nitrogens with zero attached hydrogens (tertiary/aromatic N) is 1. The molecule has 3 rings (SSSR count). The molecule has 0 saturated heterocycles. The second-order valence-electron chi connectivity index (χ2n) is 4.68. The van der Waals surface area contributed by atoms with Crippen molar-refractivity contribution in [2.24, 2.45) is 5.73 Å². The number of fused-ring (bicyclic) bond motifs is 1. The molecule has 98 valence electrons. The number of nitrogens with two attached hydrogens (primary N) is 1. The molecule has 0 bridgehead atoms. The lowest BCUT2D eigenvalue weighted by molar-refractivity contribution is 0.0934. The number of benzene rings is 1. The van der Waals surface area contributed by atoms with E-state index in [4.69, 9.17) is 5.73 Å². The van der Waals surface area contributed by atoms with Crippen LogP contribution in [0.1, 0.15) is 26.6 Å². The van der Waals surface area contributed by atoms with Crippen LogP contribution in [0, 0.1) is 0 Å². The maximum atomic E-state index is 12.1. The molecule has 1 aliphatic rings. The maximum Gasteiger partial charge on any atom is 0.270 e. The molecule has 0 radical (unpaired) electrons. The lowest BCUT2D eigenvalue weighted by atomic mass is 10.1. The summed E-state index contributed by atoms with van der Waals surface area (Å²) in [5, 5.41) is 5.60. The minimum absolute atomic E-state index is 0.103. The van der Waals surface area contributed by atoms with Crippen molar-refractivity contribution in [1.29, 1.82) is 0 Å². The average molecular weight is 273 g/mol. The number of hydrogen-bond acceptors (Lipinski definition) is 4. The molecule has 2 aromatic rings. The van der Waals surface area contributed by atoms with E-state index < -0.39 is 0 Å². The Hall–Kier alpha value is -1.72. The van der Waals surface area contributed by atoms with Crippen molar-refractivity contribution in [3.05, 3.63) is 51.5 Å². The molecule has 0 aliphatic heterocycles.